The van der Waals surface area contributed by atoms with E-state index in [4.69, 9.17) is 0 Å². The van der Waals surface area contributed by atoms with Crippen molar-refractivity contribution < 1.29 is 4.39 Å². The minimum atomic E-state index is -0.479. The highest BCUT2D eigenvalue weighted by Gasteiger charge is 1.94. The van der Waals surface area contributed by atoms with Crippen molar-refractivity contribution >= 4 is 5.65 Å². The minimum absolute atomic E-state index is 0.479. The Morgan fingerprint density at radius 2 is 2.30 bits per heavy atom. The predicted molar refractivity (Wildman–Crippen MR) is 32.9 cm³/mol. The number of hydrogen-bond donors (Lipinski definition) is 0. The number of rotatable bonds is 0. The average molecular weight is 137 g/mol. The number of fused-ring (bicyclic) bond motifs is 1. The molecule has 0 fully saturated rings. The van der Waals surface area contributed by atoms with Gasteiger partial charge in [0.1, 0.15) is 0 Å². The Morgan fingerprint density at radius 3 is 3.20 bits per heavy atom. The van der Waals surface area contributed by atoms with Crippen molar-refractivity contribution in [3.63, 3.8) is 0 Å². The maximum Gasteiger partial charge on any atom is 0.216 e. The lowest BCUT2D eigenvalue weighted by Crippen LogP contribution is -1.90. The summed E-state index contributed by atoms with van der Waals surface area (Å²) in [7, 11) is 0. The Hall–Kier alpha value is -1.45. The molecule has 3 nitrogen and oxygen atoms in total. The van der Waals surface area contributed by atoms with Gasteiger partial charge in [0.05, 0.1) is 6.20 Å². The lowest BCUT2D eigenvalue weighted by Gasteiger charge is -1.88. The van der Waals surface area contributed by atoms with Crippen LogP contribution < -0.4 is 0 Å². The van der Waals surface area contributed by atoms with Crippen LogP contribution in [0.15, 0.2) is 24.5 Å². The van der Waals surface area contributed by atoms with Crippen LogP contribution in [0.1, 0.15) is 0 Å². The van der Waals surface area contributed by atoms with Gasteiger partial charge in [-0.3, -0.25) is 0 Å². The van der Waals surface area contributed by atoms with E-state index in [1.165, 1.54) is 16.8 Å². The lowest BCUT2D eigenvalue weighted by molar-refractivity contribution is 0.582. The molecule has 0 spiro atoms. The highest BCUT2D eigenvalue weighted by atomic mass is 19.1. The summed E-state index contributed by atoms with van der Waals surface area (Å²) in [6.07, 6.45) is 3.10. The van der Waals surface area contributed by atoms with Crippen LogP contribution in [0.2, 0.25) is 0 Å². The van der Waals surface area contributed by atoms with Crippen LogP contribution in [-0.2, 0) is 0 Å². The largest absolute Gasteiger partial charge is 0.222 e. The molecule has 0 amide bonds. The zero-order valence-electron chi connectivity index (χ0n) is 5.03. The van der Waals surface area contributed by atoms with Crippen LogP contribution in [0.4, 0.5) is 4.39 Å². The maximum absolute atomic E-state index is 12.4. The second-order valence-electron chi connectivity index (χ2n) is 1.88. The normalized spacial score (nSPS) is 10.5. The second-order valence-corrected chi connectivity index (χ2v) is 1.88. The van der Waals surface area contributed by atoms with Crippen molar-refractivity contribution in [1.82, 2.24) is 14.6 Å². The lowest BCUT2D eigenvalue weighted by atomic mass is 10.6. The van der Waals surface area contributed by atoms with Gasteiger partial charge in [-0.25, -0.2) is 9.50 Å². The van der Waals surface area contributed by atoms with Gasteiger partial charge in [0, 0.05) is 18.3 Å². The number of nitrogens with zero attached hydrogens (tertiary/aromatic N) is 3. The van der Waals surface area contributed by atoms with E-state index in [1.54, 1.807) is 12.3 Å². The summed E-state index contributed by atoms with van der Waals surface area (Å²) in [5.41, 5.74) is 0.528. The van der Waals surface area contributed by atoms with Crippen LogP contribution in [-0.4, -0.2) is 14.6 Å². The molecule has 0 saturated heterocycles. The highest BCUT2D eigenvalue weighted by molar-refractivity contribution is 5.34. The molecule has 0 N–H and O–H groups in total. The van der Waals surface area contributed by atoms with Gasteiger partial charge in [0.25, 0.3) is 0 Å². The van der Waals surface area contributed by atoms with Crippen molar-refractivity contribution in [2.24, 2.45) is 0 Å². The van der Waals surface area contributed by atoms with Crippen LogP contribution >= 0.6 is 0 Å². The Morgan fingerprint density at radius 1 is 1.40 bits per heavy atom. The fourth-order valence-corrected chi connectivity index (χ4v) is 0.790. The van der Waals surface area contributed by atoms with E-state index < -0.39 is 5.95 Å². The first-order valence-electron chi connectivity index (χ1n) is 2.82. The molecule has 0 atom stereocenters. The first kappa shape index (κ1) is 5.34. The van der Waals surface area contributed by atoms with E-state index in [2.05, 4.69) is 10.1 Å². The van der Waals surface area contributed by atoms with Gasteiger partial charge >= 0.3 is 0 Å². The fraction of sp³-hybridized carbons (Fsp3) is 0. The second kappa shape index (κ2) is 1.76. The Kier molecular flexibility index (Phi) is 0.943. The van der Waals surface area contributed by atoms with E-state index in [9.17, 15) is 4.39 Å². The maximum atomic E-state index is 12.4. The summed E-state index contributed by atoms with van der Waals surface area (Å²) in [5.74, 6) is -0.479. The molecule has 0 aliphatic rings. The van der Waals surface area contributed by atoms with Crippen LogP contribution in [0.25, 0.3) is 5.65 Å². The third kappa shape index (κ3) is 0.655. The zero-order chi connectivity index (χ0) is 6.97. The van der Waals surface area contributed by atoms with E-state index in [-0.39, 0.29) is 0 Å². The van der Waals surface area contributed by atoms with Crippen molar-refractivity contribution in [3.8, 4) is 0 Å². The van der Waals surface area contributed by atoms with E-state index in [0.29, 0.717) is 5.65 Å². The van der Waals surface area contributed by atoms with E-state index in [0.717, 1.165) is 0 Å². The minimum Gasteiger partial charge on any atom is -0.222 e. The van der Waals surface area contributed by atoms with Crippen molar-refractivity contribution in [2.75, 3.05) is 0 Å². The molecule has 0 unspecified atom stereocenters. The topological polar surface area (TPSA) is 30.2 Å². The average Bonchev–Trinajstić information content (AvgIpc) is 2.33. The molecule has 0 aliphatic carbocycles. The highest BCUT2D eigenvalue weighted by Crippen LogP contribution is 1.97. The summed E-state index contributed by atoms with van der Waals surface area (Å²) in [6, 6.07) is 2.91. The number of hydrogen-bond acceptors (Lipinski definition) is 2. The summed E-state index contributed by atoms with van der Waals surface area (Å²) >= 11 is 0. The van der Waals surface area contributed by atoms with Crippen LogP contribution in [0.3, 0.4) is 0 Å². The van der Waals surface area contributed by atoms with Gasteiger partial charge in [0.2, 0.25) is 5.95 Å². The van der Waals surface area contributed by atoms with Crippen molar-refractivity contribution in [2.45, 2.75) is 0 Å². The van der Waals surface area contributed by atoms with Crippen LogP contribution in [0, 0.1) is 5.95 Å². The summed E-state index contributed by atoms with van der Waals surface area (Å²) in [6.45, 7) is 0. The van der Waals surface area contributed by atoms with E-state index in [1.807, 2.05) is 0 Å². The Bertz CT molecular complexity index is 355. The molecule has 10 heavy (non-hydrogen) atoms. The molecule has 2 rings (SSSR count). The summed E-state index contributed by atoms with van der Waals surface area (Å²) < 4.78 is 13.9. The van der Waals surface area contributed by atoms with Gasteiger partial charge in [0.15, 0.2) is 5.65 Å². The van der Waals surface area contributed by atoms with Gasteiger partial charge in [-0.2, -0.15) is 9.49 Å². The molecule has 0 aliphatic heterocycles. The molecule has 2 aromatic heterocycles. The molecule has 2 aromatic rings. The SMILES string of the molecule is Fc1ccn2nccc2n1. The van der Waals surface area contributed by atoms with Crippen molar-refractivity contribution in [3.05, 3.63) is 30.5 Å². The fourth-order valence-electron chi connectivity index (χ4n) is 0.790. The van der Waals surface area contributed by atoms with E-state index >= 15 is 0 Å². The molecule has 0 bridgehead atoms. The molecule has 0 aromatic carbocycles. The number of halogens is 1. The molecule has 50 valence electrons. The first-order valence-corrected chi connectivity index (χ1v) is 2.82. The molecule has 2 heterocycles. The smallest absolute Gasteiger partial charge is 0.216 e. The van der Waals surface area contributed by atoms with Gasteiger partial charge in [-0.15, -0.1) is 0 Å². The quantitative estimate of drug-likeness (QED) is 0.504. The Balaban J connectivity index is 2.86. The van der Waals surface area contributed by atoms with Crippen LogP contribution in [0.5, 0.6) is 0 Å². The third-order valence-corrected chi connectivity index (χ3v) is 1.22. The standard InChI is InChI=1S/C6H4FN3/c7-5-2-4-10-6(9-5)1-3-8-10/h1-4H. The van der Waals surface area contributed by atoms with Crippen molar-refractivity contribution in [1.29, 1.82) is 0 Å². The Labute approximate surface area is 56.1 Å². The molecular weight excluding hydrogens is 133 g/mol. The predicted octanol–water partition coefficient (Wildman–Crippen LogP) is 0.868. The van der Waals surface area contributed by atoms with Gasteiger partial charge in [-0.1, -0.05) is 0 Å². The molecule has 0 saturated carbocycles. The first-order chi connectivity index (χ1) is 4.86. The number of aromatic nitrogens is 3. The molecule has 4 heteroatoms. The third-order valence-electron chi connectivity index (χ3n) is 1.22. The molecule has 0 radical (unpaired) electrons. The molecular formula is C6H4FN3. The van der Waals surface area contributed by atoms with Gasteiger partial charge < -0.3 is 0 Å². The zero-order valence-corrected chi connectivity index (χ0v) is 5.03. The van der Waals surface area contributed by atoms with Gasteiger partial charge in [-0.05, 0) is 0 Å². The summed E-state index contributed by atoms with van der Waals surface area (Å²) in [5, 5.41) is 3.85. The monoisotopic (exact) mass is 137 g/mol. The summed E-state index contributed by atoms with van der Waals surface area (Å²) in [4.78, 5) is 3.57.